The number of nitrogens with one attached hydrogen (secondary N) is 2. The van der Waals surface area contributed by atoms with Gasteiger partial charge in [-0.15, -0.1) is 0 Å². The van der Waals surface area contributed by atoms with E-state index in [1.165, 1.54) is 4.90 Å². The SMILES string of the molecule is CCCS(=O)(=O)NC(CC(C)C)C(=O)NC1N=C(c2ccccc2)c2ccccc2N(C)C1=O. The lowest BCUT2D eigenvalue weighted by Gasteiger charge is -2.24. The number of hydrogen-bond acceptors (Lipinski definition) is 5. The molecule has 182 valence electrons. The molecule has 0 radical (unpaired) electrons. The number of nitrogens with zero attached hydrogens (tertiary/aromatic N) is 2. The van der Waals surface area contributed by atoms with Crippen molar-refractivity contribution in [3.05, 3.63) is 65.7 Å². The second-order valence-corrected chi connectivity index (χ2v) is 10.7. The highest BCUT2D eigenvalue weighted by molar-refractivity contribution is 7.89. The molecule has 2 amide bonds. The minimum absolute atomic E-state index is 0.0558. The molecule has 2 N–H and O–H groups in total. The Bertz CT molecular complexity index is 1160. The van der Waals surface area contributed by atoms with Crippen molar-refractivity contribution in [3.63, 3.8) is 0 Å². The third kappa shape index (κ3) is 6.09. The lowest BCUT2D eigenvalue weighted by molar-refractivity contribution is -0.128. The summed E-state index contributed by atoms with van der Waals surface area (Å²) in [5.74, 6) is -1.01. The predicted molar refractivity (Wildman–Crippen MR) is 134 cm³/mol. The van der Waals surface area contributed by atoms with Gasteiger partial charge in [0.2, 0.25) is 22.1 Å². The molecule has 0 fully saturated rings. The van der Waals surface area contributed by atoms with Gasteiger partial charge >= 0.3 is 0 Å². The largest absolute Gasteiger partial charge is 0.325 e. The van der Waals surface area contributed by atoms with Gasteiger partial charge in [0.05, 0.1) is 17.2 Å². The molecule has 2 aromatic rings. The van der Waals surface area contributed by atoms with E-state index in [1.807, 2.05) is 68.4 Å². The van der Waals surface area contributed by atoms with E-state index in [4.69, 9.17) is 0 Å². The third-order valence-corrected chi connectivity index (χ3v) is 7.08. The molecule has 2 aromatic carbocycles. The summed E-state index contributed by atoms with van der Waals surface area (Å²) < 4.78 is 27.3. The van der Waals surface area contributed by atoms with Gasteiger partial charge in [-0.2, -0.15) is 0 Å². The molecule has 34 heavy (non-hydrogen) atoms. The van der Waals surface area contributed by atoms with Crippen molar-refractivity contribution in [1.29, 1.82) is 0 Å². The number of para-hydroxylation sites is 1. The lowest BCUT2D eigenvalue weighted by Crippen LogP contribution is -2.53. The zero-order chi connectivity index (χ0) is 24.9. The molecule has 1 aliphatic rings. The highest BCUT2D eigenvalue weighted by Gasteiger charge is 2.33. The summed E-state index contributed by atoms with van der Waals surface area (Å²) in [6.45, 7) is 5.57. The predicted octanol–water partition coefficient (Wildman–Crippen LogP) is 2.69. The van der Waals surface area contributed by atoms with Gasteiger partial charge in [-0.25, -0.2) is 18.1 Å². The minimum Gasteiger partial charge on any atom is -0.325 e. The average Bonchev–Trinajstić information content (AvgIpc) is 2.89. The monoisotopic (exact) mass is 484 g/mol. The van der Waals surface area contributed by atoms with Crippen molar-refractivity contribution in [2.75, 3.05) is 17.7 Å². The Hall–Kier alpha value is -3.04. The van der Waals surface area contributed by atoms with Crippen LogP contribution in [0.15, 0.2) is 59.6 Å². The number of aliphatic imine (C=N–C) groups is 1. The second-order valence-electron chi connectivity index (χ2n) is 8.79. The van der Waals surface area contributed by atoms with Crippen molar-refractivity contribution in [2.45, 2.75) is 45.8 Å². The van der Waals surface area contributed by atoms with E-state index in [0.29, 0.717) is 24.2 Å². The Morgan fingerprint density at radius 2 is 1.74 bits per heavy atom. The van der Waals surface area contributed by atoms with Crippen molar-refractivity contribution in [3.8, 4) is 0 Å². The normalized spacial score (nSPS) is 17.1. The molecule has 9 heteroatoms. The van der Waals surface area contributed by atoms with Gasteiger partial charge in [0.25, 0.3) is 5.91 Å². The molecule has 0 spiro atoms. The first kappa shape index (κ1) is 25.6. The fourth-order valence-corrected chi connectivity index (χ4v) is 5.19. The third-order valence-electron chi connectivity index (χ3n) is 5.49. The van der Waals surface area contributed by atoms with E-state index in [1.54, 1.807) is 14.0 Å². The number of rotatable bonds is 9. The summed E-state index contributed by atoms with van der Waals surface area (Å²) in [6.07, 6.45) is -0.480. The van der Waals surface area contributed by atoms with E-state index >= 15 is 0 Å². The fourth-order valence-electron chi connectivity index (χ4n) is 3.90. The first-order chi connectivity index (χ1) is 16.1. The first-order valence-electron chi connectivity index (χ1n) is 11.4. The van der Waals surface area contributed by atoms with Crippen molar-refractivity contribution >= 4 is 33.2 Å². The topological polar surface area (TPSA) is 108 Å². The maximum absolute atomic E-state index is 13.3. The van der Waals surface area contributed by atoms with E-state index < -0.39 is 34.0 Å². The number of hydrogen-bond donors (Lipinski definition) is 2. The molecule has 0 aromatic heterocycles. The molecule has 8 nitrogen and oxygen atoms in total. The van der Waals surface area contributed by atoms with Crippen LogP contribution in [0.4, 0.5) is 5.69 Å². The standard InChI is InChI=1S/C25H32N4O4S/c1-5-15-34(32,33)28-20(16-17(2)3)24(30)27-23-25(31)29(4)21-14-10-9-13-19(21)22(26-23)18-11-7-6-8-12-18/h6-14,17,20,23,28H,5,15-16H2,1-4H3,(H,27,30). The Labute approximate surface area is 201 Å². The molecule has 0 bridgehead atoms. The number of fused-ring (bicyclic) bond motifs is 1. The van der Waals surface area contributed by atoms with Crippen LogP contribution >= 0.6 is 0 Å². The second kappa shape index (κ2) is 10.9. The van der Waals surface area contributed by atoms with Gasteiger partial charge in [-0.3, -0.25) is 9.59 Å². The van der Waals surface area contributed by atoms with Crippen LogP contribution in [-0.2, 0) is 19.6 Å². The Balaban J connectivity index is 1.98. The van der Waals surface area contributed by atoms with Crippen LogP contribution in [0.3, 0.4) is 0 Å². The molecule has 0 aliphatic carbocycles. The van der Waals surface area contributed by atoms with Crippen molar-refractivity contribution in [2.24, 2.45) is 10.9 Å². The van der Waals surface area contributed by atoms with Crippen LogP contribution in [0.25, 0.3) is 0 Å². The summed E-state index contributed by atoms with van der Waals surface area (Å²) in [5, 5.41) is 2.70. The summed E-state index contributed by atoms with van der Waals surface area (Å²) >= 11 is 0. The molecule has 0 saturated carbocycles. The van der Waals surface area contributed by atoms with Crippen LogP contribution in [0, 0.1) is 5.92 Å². The fraction of sp³-hybridized carbons (Fsp3) is 0.400. The molecule has 0 saturated heterocycles. The Morgan fingerprint density at radius 3 is 2.38 bits per heavy atom. The summed E-state index contributed by atoms with van der Waals surface area (Å²) in [4.78, 5) is 32.7. The van der Waals surface area contributed by atoms with E-state index in [9.17, 15) is 18.0 Å². The number of sulfonamides is 1. The van der Waals surface area contributed by atoms with E-state index in [-0.39, 0.29) is 11.7 Å². The van der Waals surface area contributed by atoms with Crippen LogP contribution in [0.2, 0.25) is 0 Å². The maximum Gasteiger partial charge on any atom is 0.272 e. The van der Waals surface area contributed by atoms with Gasteiger partial charge < -0.3 is 10.2 Å². The molecule has 3 rings (SSSR count). The number of carbonyl (C=O) groups is 2. The van der Waals surface area contributed by atoms with Crippen LogP contribution in [-0.4, -0.2) is 51.0 Å². The number of likely N-dealkylation sites (N-methyl/N-ethyl adjacent to an activating group) is 1. The van der Waals surface area contributed by atoms with Gasteiger partial charge in [-0.1, -0.05) is 69.3 Å². The molecular formula is C25H32N4O4S. The van der Waals surface area contributed by atoms with Crippen LogP contribution in [0.5, 0.6) is 0 Å². The van der Waals surface area contributed by atoms with Crippen molar-refractivity contribution < 1.29 is 18.0 Å². The lowest BCUT2D eigenvalue weighted by atomic mass is 10.0. The molecule has 2 unspecified atom stereocenters. The molecule has 1 heterocycles. The first-order valence-corrected chi connectivity index (χ1v) is 13.1. The molecule has 1 aliphatic heterocycles. The summed E-state index contributed by atoms with van der Waals surface area (Å²) in [6, 6.07) is 15.9. The van der Waals surface area contributed by atoms with Gasteiger partial charge in [0, 0.05) is 18.2 Å². The van der Waals surface area contributed by atoms with Gasteiger partial charge in [-0.05, 0) is 24.8 Å². The number of benzodiazepines with no additional fused rings is 1. The number of anilines is 1. The quantitative estimate of drug-likeness (QED) is 0.570. The molecular weight excluding hydrogens is 452 g/mol. The highest BCUT2D eigenvalue weighted by Crippen LogP contribution is 2.27. The highest BCUT2D eigenvalue weighted by atomic mass is 32.2. The van der Waals surface area contributed by atoms with Gasteiger partial charge in [0.1, 0.15) is 6.04 Å². The number of benzene rings is 2. The number of amides is 2. The van der Waals surface area contributed by atoms with Crippen LogP contribution in [0.1, 0.15) is 44.7 Å². The Kier molecular flexibility index (Phi) is 8.22. The van der Waals surface area contributed by atoms with Crippen molar-refractivity contribution in [1.82, 2.24) is 10.0 Å². The van der Waals surface area contributed by atoms with Gasteiger partial charge in [0.15, 0.2) is 0 Å². The smallest absolute Gasteiger partial charge is 0.272 e. The van der Waals surface area contributed by atoms with Crippen LogP contribution < -0.4 is 14.9 Å². The summed E-state index contributed by atoms with van der Waals surface area (Å²) in [5.41, 5.74) is 2.82. The zero-order valence-corrected chi connectivity index (χ0v) is 20.8. The number of carbonyl (C=O) groups excluding carboxylic acids is 2. The summed E-state index contributed by atoms with van der Waals surface area (Å²) in [7, 11) is -2.00. The van der Waals surface area contributed by atoms with E-state index in [2.05, 4.69) is 15.0 Å². The zero-order valence-electron chi connectivity index (χ0n) is 20.0. The molecule has 2 atom stereocenters. The average molecular weight is 485 g/mol. The maximum atomic E-state index is 13.3. The Morgan fingerprint density at radius 1 is 1.09 bits per heavy atom. The minimum atomic E-state index is -3.63. The van der Waals surface area contributed by atoms with E-state index in [0.717, 1.165) is 11.1 Å².